The van der Waals surface area contributed by atoms with Gasteiger partial charge in [-0.3, -0.25) is 4.79 Å². The van der Waals surface area contributed by atoms with Crippen LogP contribution in [0.1, 0.15) is 34.6 Å². The first kappa shape index (κ1) is 17.5. The maximum absolute atomic E-state index is 12.6. The van der Waals surface area contributed by atoms with Gasteiger partial charge in [-0.05, 0) is 38.1 Å². The number of hydrazone groups is 1. The standard InChI is InChI=1S/C19H18N4O3/c1-12-17(21-20-16-11-7-6-10-15(16)19(25)26)13(2)23(22-12)18(24)14-8-4-3-5-9-14/h3-11,13,17H,1-2H3,(H,25,26). The molecule has 7 heteroatoms. The van der Waals surface area contributed by atoms with Gasteiger partial charge in [0, 0.05) is 5.56 Å². The highest BCUT2D eigenvalue weighted by Gasteiger charge is 2.36. The van der Waals surface area contributed by atoms with Crippen LogP contribution in [0.2, 0.25) is 0 Å². The molecule has 26 heavy (non-hydrogen) atoms. The van der Waals surface area contributed by atoms with E-state index in [1.807, 2.05) is 13.0 Å². The highest BCUT2D eigenvalue weighted by molar-refractivity contribution is 5.99. The van der Waals surface area contributed by atoms with Crippen molar-refractivity contribution >= 4 is 23.3 Å². The fourth-order valence-corrected chi connectivity index (χ4v) is 2.79. The van der Waals surface area contributed by atoms with Crippen molar-refractivity contribution in [1.82, 2.24) is 5.01 Å². The molecule has 132 valence electrons. The Bertz CT molecular complexity index is 893. The van der Waals surface area contributed by atoms with Crippen molar-refractivity contribution in [3.05, 3.63) is 65.7 Å². The number of carbonyl (C=O) groups excluding carboxylic acids is 1. The van der Waals surface area contributed by atoms with Gasteiger partial charge in [0.2, 0.25) is 0 Å². The van der Waals surface area contributed by atoms with E-state index in [0.717, 1.165) is 0 Å². The summed E-state index contributed by atoms with van der Waals surface area (Å²) in [5, 5.41) is 23.3. The first-order valence-corrected chi connectivity index (χ1v) is 8.16. The van der Waals surface area contributed by atoms with Crippen LogP contribution >= 0.6 is 0 Å². The van der Waals surface area contributed by atoms with Crippen molar-refractivity contribution in [2.75, 3.05) is 0 Å². The monoisotopic (exact) mass is 350 g/mol. The molecular formula is C19H18N4O3. The van der Waals surface area contributed by atoms with E-state index in [9.17, 15) is 14.7 Å². The van der Waals surface area contributed by atoms with Crippen molar-refractivity contribution in [3.63, 3.8) is 0 Å². The zero-order chi connectivity index (χ0) is 18.7. The number of carbonyl (C=O) groups is 2. The molecule has 2 unspecified atom stereocenters. The molecule has 0 radical (unpaired) electrons. The highest BCUT2D eigenvalue weighted by Crippen LogP contribution is 2.25. The summed E-state index contributed by atoms with van der Waals surface area (Å²) >= 11 is 0. The predicted molar refractivity (Wildman–Crippen MR) is 96.9 cm³/mol. The number of hydrogen-bond donors (Lipinski definition) is 1. The van der Waals surface area contributed by atoms with Gasteiger partial charge in [-0.2, -0.15) is 15.3 Å². The van der Waals surface area contributed by atoms with Crippen molar-refractivity contribution in [3.8, 4) is 0 Å². The molecular weight excluding hydrogens is 332 g/mol. The van der Waals surface area contributed by atoms with Gasteiger partial charge in [-0.15, -0.1) is 0 Å². The molecule has 0 aromatic heterocycles. The molecule has 1 aliphatic rings. The quantitative estimate of drug-likeness (QED) is 0.851. The lowest BCUT2D eigenvalue weighted by Crippen LogP contribution is -2.36. The summed E-state index contributed by atoms with van der Waals surface area (Å²) in [6.45, 7) is 3.62. The first-order chi connectivity index (χ1) is 12.5. The Morgan fingerprint density at radius 2 is 1.73 bits per heavy atom. The van der Waals surface area contributed by atoms with Gasteiger partial charge in [-0.1, -0.05) is 30.3 Å². The summed E-state index contributed by atoms with van der Waals surface area (Å²) in [6.07, 6.45) is 0. The van der Waals surface area contributed by atoms with Crippen LogP contribution in [0.15, 0.2) is 69.9 Å². The van der Waals surface area contributed by atoms with E-state index in [1.165, 1.54) is 11.1 Å². The minimum absolute atomic E-state index is 0.0775. The average molecular weight is 350 g/mol. The third-order valence-corrected chi connectivity index (χ3v) is 4.19. The fourth-order valence-electron chi connectivity index (χ4n) is 2.79. The lowest BCUT2D eigenvalue weighted by molar-refractivity contribution is 0.0695. The summed E-state index contributed by atoms with van der Waals surface area (Å²) in [5.41, 5.74) is 1.55. The van der Waals surface area contributed by atoms with Crippen LogP contribution in [0.4, 0.5) is 5.69 Å². The summed E-state index contributed by atoms with van der Waals surface area (Å²) in [7, 11) is 0. The number of amides is 1. The van der Waals surface area contributed by atoms with Gasteiger partial charge in [-0.25, -0.2) is 9.80 Å². The van der Waals surface area contributed by atoms with Crippen molar-refractivity contribution in [2.45, 2.75) is 25.9 Å². The second-order valence-electron chi connectivity index (χ2n) is 5.98. The number of hydrogen-bond acceptors (Lipinski definition) is 5. The highest BCUT2D eigenvalue weighted by atomic mass is 16.4. The molecule has 0 saturated carbocycles. The maximum atomic E-state index is 12.6. The van der Waals surface area contributed by atoms with Crippen LogP contribution < -0.4 is 0 Å². The predicted octanol–water partition coefficient (Wildman–Crippen LogP) is 3.76. The van der Waals surface area contributed by atoms with E-state index in [1.54, 1.807) is 49.4 Å². The van der Waals surface area contributed by atoms with E-state index in [0.29, 0.717) is 11.3 Å². The molecule has 1 aliphatic heterocycles. The van der Waals surface area contributed by atoms with E-state index >= 15 is 0 Å². The Kier molecular flexibility index (Phi) is 4.88. The normalized spacial score (nSPS) is 19.6. The molecule has 1 N–H and O–H groups in total. The van der Waals surface area contributed by atoms with E-state index in [4.69, 9.17) is 0 Å². The van der Waals surface area contributed by atoms with Crippen molar-refractivity contribution < 1.29 is 14.7 Å². The lowest BCUT2D eigenvalue weighted by atomic mass is 10.1. The number of carboxylic acid groups (broad SMARTS) is 1. The van der Waals surface area contributed by atoms with Gasteiger partial charge in [0.05, 0.1) is 23.0 Å². The Morgan fingerprint density at radius 3 is 2.42 bits per heavy atom. The minimum atomic E-state index is -1.06. The number of benzene rings is 2. The molecule has 0 aliphatic carbocycles. The van der Waals surface area contributed by atoms with Gasteiger partial charge in [0.25, 0.3) is 5.91 Å². The van der Waals surface area contributed by atoms with Crippen LogP contribution in [0.3, 0.4) is 0 Å². The van der Waals surface area contributed by atoms with Gasteiger partial charge < -0.3 is 5.11 Å². The lowest BCUT2D eigenvalue weighted by Gasteiger charge is -2.20. The maximum Gasteiger partial charge on any atom is 0.337 e. The number of azo groups is 1. The summed E-state index contributed by atoms with van der Waals surface area (Å²) in [6, 6.07) is 14.6. The number of carboxylic acids is 1. The molecule has 3 rings (SSSR count). The first-order valence-electron chi connectivity index (χ1n) is 8.16. The van der Waals surface area contributed by atoms with E-state index < -0.39 is 12.0 Å². The number of rotatable bonds is 4. The van der Waals surface area contributed by atoms with Crippen LogP contribution in [-0.2, 0) is 0 Å². The largest absolute Gasteiger partial charge is 0.478 e. The molecule has 0 spiro atoms. The smallest absolute Gasteiger partial charge is 0.337 e. The van der Waals surface area contributed by atoms with Crippen LogP contribution in [0.25, 0.3) is 0 Å². The van der Waals surface area contributed by atoms with Gasteiger partial charge in [0.15, 0.2) is 0 Å². The van der Waals surface area contributed by atoms with Gasteiger partial charge in [0.1, 0.15) is 6.04 Å². The SMILES string of the molecule is CC1=NN(C(=O)c2ccccc2)C(C)C1N=Nc1ccccc1C(=O)O. The molecule has 2 atom stereocenters. The molecule has 0 saturated heterocycles. The topological polar surface area (TPSA) is 94.7 Å². The van der Waals surface area contributed by atoms with Crippen molar-refractivity contribution in [1.29, 1.82) is 0 Å². The second-order valence-corrected chi connectivity index (χ2v) is 5.98. The Labute approximate surface area is 150 Å². The Hall–Kier alpha value is -3.35. The molecule has 1 amide bonds. The minimum Gasteiger partial charge on any atom is -0.478 e. The molecule has 2 aromatic rings. The average Bonchev–Trinajstić information content (AvgIpc) is 2.94. The van der Waals surface area contributed by atoms with Crippen LogP contribution in [0, 0.1) is 0 Å². The summed E-state index contributed by atoms with van der Waals surface area (Å²) in [5.74, 6) is -1.27. The summed E-state index contributed by atoms with van der Waals surface area (Å²) in [4.78, 5) is 23.9. The van der Waals surface area contributed by atoms with Crippen LogP contribution in [0.5, 0.6) is 0 Å². The summed E-state index contributed by atoms with van der Waals surface area (Å²) < 4.78 is 0. The number of nitrogens with zero attached hydrogens (tertiary/aromatic N) is 4. The zero-order valence-corrected chi connectivity index (χ0v) is 14.4. The Balaban J connectivity index is 1.82. The fraction of sp³-hybridized carbons (Fsp3) is 0.211. The van der Waals surface area contributed by atoms with Crippen LogP contribution in [-0.4, -0.2) is 39.8 Å². The molecule has 7 nitrogen and oxygen atoms in total. The van der Waals surface area contributed by atoms with Crippen molar-refractivity contribution in [2.24, 2.45) is 15.3 Å². The second kappa shape index (κ2) is 7.26. The third kappa shape index (κ3) is 3.37. The Morgan fingerprint density at radius 1 is 1.08 bits per heavy atom. The molecule has 2 aromatic carbocycles. The zero-order valence-electron chi connectivity index (χ0n) is 14.4. The molecule has 0 fully saturated rings. The van der Waals surface area contributed by atoms with E-state index in [2.05, 4.69) is 15.3 Å². The van der Waals surface area contributed by atoms with E-state index in [-0.39, 0.29) is 23.2 Å². The number of aromatic carboxylic acids is 1. The molecule has 0 bridgehead atoms. The van der Waals surface area contributed by atoms with Gasteiger partial charge >= 0.3 is 5.97 Å². The third-order valence-electron chi connectivity index (χ3n) is 4.19. The molecule has 1 heterocycles.